The summed E-state index contributed by atoms with van der Waals surface area (Å²) in [5.74, 6) is 0. The van der Waals surface area contributed by atoms with Gasteiger partial charge in [0.1, 0.15) is 0 Å². The van der Waals surface area contributed by atoms with E-state index in [1.807, 2.05) is 0 Å². The number of hydrogen-bond donors (Lipinski definition) is 1. The molecule has 1 N–H and O–H groups in total. The molecular formula is C19H22N2. The zero-order valence-corrected chi connectivity index (χ0v) is 12.3. The Bertz CT molecular complexity index is 602. The third-order valence-electron chi connectivity index (χ3n) is 4.89. The zero-order valence-electron chi connectivity index (χ0n) is 12.3. The van der Waals surface area contributed by atoms with Crippen molar-refractivity contribution in [2.24, 2.45) is 0 Å². The number of benzene rings is 2. The van der Waals surface area contributed by atoms with Crippen molar-refractivity contribution >= 4 is 5.69 Å². The van der Waals surface area contributed by atoms with Crippen LogP contribution < -0.4 is 5.32 Å². The van der Waals surface area contributed by atoms with E-state index in [-0.39, 0.29) is 0 Å². The molecule has 2 aromatic rings. The molecule has 2 heterocycles. The Labute approximate surface area is 126 Å². The van der Waals surface area contributed by atoms with Crippen LogP contribution in [0.5, 0.6) is 0 Å². The van der Waals surface area contributed by atoms with Gasteiger partial charge in [0.15, 0.2) is 0 Å². The Morgan fingerprint density at radius 2 is 1.57 bits per heavy atom. The summed E-state index contributed by atoms with van der Waals surface area (Å²) in [7, 11) is 0. The maximum absolute atomic E-state index is 3.74. The highest BCUT2D eigenvalue weighted by atomic mass is 15.2. The van der Waals surface area contributed by atoms with Crippen LogP contribution in [0.15, 0.2) is 54.6 Å². The van der Waals surface area contributed by atoms with E-state index in [2.05, 4.69) is 64.8 Å². The van der Waals surface area contributed by atoms with Crippen molar-refractivity contribution in [2.75, 3.05) is 18.4 Å². The Balaban J connectivity index is 1.69. The molecule has 108 valence electrons. The number of likely N-dealkylation sites (tertiary alicyclic amines) is 1. The van der Waals surface area contributed by atoms with Crippen molar-refractivity contribution in [3.63, 3.8) is 0 Å². The number of nitrogens with one attached hydrogen (secondary N) is 1. The number of para-hydroxylation sites is 1. The van der Waals surface area contributed by atoms with Crippen LogP contribution in [0.1, 0.15) is 42.5 Å². The molecule has 0 aliphatic carbocycles. The summed E-state index contributed by atoms with van der Waals surface area (Å²) in [6.45, 7) is 2.50. The van der Waals surface area contributed by atoms with Gasteiger partial charge < -0.3 is 5.32 Å². The zero-order chi connectivity index (χ0) is 14.1. The molecule has 0 radical (unpaired) electrons. The minimum absolute atomic E-state index is 0.423. The average Bonchev–Trinajstić information content (AvgIpc) is 3.09. The van der Waals surface area contributed by atoms with E-state index in [1.54, 1.807) is 0 Å². The van der Waals surface area contributed by atoms with Crippen molar-refractivity contribution in [3.05, 3.63) is 65.7 Å². The van der Waals surface area contributed by atoms with E-state index >= 15 is 0 Å². The van der Waals surface area contributed by atoms with Crippen LogP contribution in [0, 0.1) is 0 Å². The SMILES string of the molecule is c1ccc([C@@H]2C[C@H](N3CCCC3)c3ccccc3N2)cc1. The van der Waals surface area contributed by atoms with Crippen molar-refractivity contribution < 1.29 is 0 Å². The van der Waals surface area contributed by atoms with E-state index in [0.29, 0.717) is 12.1 Å². The normalized spacial score (nSPS) is 25.3. The largest absolute Gasteiger partial charge is 0.378 e. The number of rotatable bonds is 2. The molecule has 1 fully saturated rings. The lowest BCUT2D eigenvalue weighted by Crippen LogP contribution is -2.32. The van der Waals surface area contributed by atoms with Gasteiger partial charge in [-0.3, -0.25) is 4.90 Å². The van der Waals surface area contributed by atoms with Crippen LogP contribution in [-0.2, 0) is 0 Å². The molecular weight excluding hydrogens is 256 g/mol. The highest BCUT2D eigenvalue weighted by molar-refractivity contribution is 5.56. The number of fused-ring (bicyclic) bond motifs is 1. The molecule has 0 amide bonds. The molecule has 2 atom stereocenters. The average molecular weight is 278 g/mol. The highest BCUT2D eigenvalue weighted by Crippen LogP contribution is 2.42. The van der Waals surface area contributed by atoms with Gasteiger partial charge in [-0.15, -0.1) is 0 Å². The Kier molecular flexibility index (Phi) is 3.40. The van der Waals surface area contributed by atoms with Crippen molar-refractivity contribution in [1.82, 2.24) is 4.90 Å². The molecule has 4 rings (SSSR count). The Morgan fingerprint density at radius 1 is 0.857 bits per heavy atom. The molecule has 2 aliphatic heterocycles. The van der Waals surface area contributed by atoms with Crippen LogP contribution in [0.25, 0.3) is 0 Å². The van der Waals surface area contributed by atoms with Crippen LogP contribution in [0.4, 0.5) is 5.69 Å². The van der Waals surface area contributed by atoms with E-state index in [9.17, 15) is 0 Å². The number of anilines is 1. The fourth-order valence-corrected chi connectivity index (χ4v) is 3.82. The summed E-state index contributed by atoms with van der Waals surface area (Å²) in [5.41, 5.74) is 4.19. The predicted molar refractivity (Wildman–Crippen MR) is 87.4 cm³/mol. The number of nitrogens with zero attached hydrogens (tertiary/aromatic N) is 1. The highest BCUT2D eigenvalue weighted by Gasteiger charge is 2.32. The molecule has 2 aromatic carbocycles. The van der Waals surface area contributed by atoms with Crippen LogP contribution in [0.3, 0.4) is 0 Å². The monoisotopic (exact) mass is 278 g/mol. The van der Waals surface area contributed by atoms with Gasteiger partial charge in [-0.25, -0.2) is 0 Å². The topological polar surface area (TPSA) is 15.3 Å². The molecule has 2 nitrogen and oxygen atoms in total. The van der Waals surface area contributed by atoms with E-state index in [0.717, 1.165) is 0 Å². The molecule has 0 spiro atoms. The molecule has 0 saturated carbocycles. The smallest absolute Gasteiger partial charge is 0.0532 e. The van der Waals surface area contributed by atoms with Gasteiger partial charge in [-0.2, -0.15) is 0 Å². The maximum atomic E-state index is 3.74. The molecule has 2 heteroatoms. The summed E-state index contributed by atoms with van der Waals surface area (Å²) in [5, 5.41) is 3.74. The molecule has 0 unspecified atom stereocenters. The first-order valence-corrected chi connectivity index (χ1v) is 8.06. The summed E-state index contributed by atoms with van der Waals surface area (Å²) in [6, 6.07) is 20.7. The second-order valence-electron chi connectivity index (χ2n) is 6.19. The fraction of sp³-hybridized carbons (Fsp3) is 0.368. The van der Waals surface area contributed by atoms with Gasteiger partial charge in [0.05, 0.1) is 6.04 Å². The van der Waals surface area contributed by atoms with Gasteiger partial charge in [-0.05, 0) is 49.5 Å². The van der Waals surface area contributed by atoms with Crippen LogP contribution >= 0.6 is 0 Å². The second kappa shape index (κ2) is 5.53. The summed E-state index contributed by atoms with van der Waals surface area (Å²) < 4.78 is 0. The maximum Gasteiger partial charge on any atom is 0.0532 e. The quantitative estimate of drug-likeness (QED) is 0.877. The third kappa shape index (κ3) is 2.44. The van der Waals surface area contributed by atoms with Crippen LogP contribution in [-0.4, -0.2) is 18.0 Å². The number of hydrogen-bond acceptors (Lipinski definition) is 2. The van der Waals surface area contributed by atoms with E-state index in [4.69, 9.17) is 0 Å². The minimum Gasteiger partial charge on any atom is -0.378 e. The fourth-order valence-electron chi connectivity index (χ4n) is 3.82. The Hall–Kier alpha value is -1.80. The first-order chi connectivity index (χ1) is 10.4. The molecule has 1 saturated heterocycles. The standard InChI is InChI=1S/C19H22N2/c1-2-8-15(9-3-1)18-14-19(21-12-6-7-13-21)16-10-4-5-11-17(16)20-18/h1-5,8-11,18-20H,6-7,12-14H2/t18-,19-/m0/s1. The third-order valence-corrected chi connectivity index (χ3v) is 4.89. The van der Waals surface area contributed by atoms with Gasteiger partial charge in [0.2, 0.25) is 0 Å². The van der Waals surface area contributed by atoms with Gasteiger partial charge in [0.25, 0.3) is 0 Å². The van der Waals surface area contributed by atoms with Gasteiger partial charge in [-0.1, -0.05) is 48.5 Å². The van der Waals surface area contributed by atoms with Gasteiger partial charge >= 0.3 is 0 Å². The van der Waals surface area contributed by atoms with Crippen LogP contribution in [0.2, 0.25) is 0 Å². The molecule has 0 bridgehead atoms. The summed E-state index contributed by atoms with van der Waals surface area (Å²) in [4.78, 5) is 2.68. The van der Waals surface area contributed by atoms with E-state index < -0.39 is 0 Å². The van der Waals surface area contributed by atoms with Crippen molar-refractivity contribution in [1.29, 1.82) is 0 Å². The predicted octanol–water partition coefficient (Wildman–Crippen LogP) is 4.38. The van der Waals surface area contributed by atoms with Crippen molar-refractivity contribution in [2.45, 2.75) is 31.3 Å². The molecule has 21 heavy (non-hydrogen) atoms. The lowest BCUT2D eigenvalue weighted by molar-refractivity contribution is 0.221. The second-order valence-corrected chi connectivity index (χ2v) is 6.19. The minimum atomic E-state index is 0.423. The van der Waals surface area contributed by atoms with Gasteiger partial charge in [0, 0.05) is 11.7 Å². The first kappa shape index (κ1) is 12.9. The lowest BCUT2D eigenvalue weighted by Gasteiger charge is -2.38. The lowest BCUT2D eigenvalue weighted by atomic mass is 9.88. The van der Waals surface area contributed by atoms with Crippen molar-refractivity contribution in [3.8, 4) is 0 Å². The first-order valence-electron chi connectivity index (χ1n) is 8.06. The Morgan fingerprint density at radius 3 is 2.38 bits per heavy atom. The summed E-state index contributed by atoms with van der Waals surface area (Å²) in [6.07, 6.45) is 3.87. The molecule has 0 aromatic heterocycles. The van der Waals surface area contributed by atoms with E-state index in [1.165, 1.54) is 49.2 Å². The summed E-state index contributed by atoms with van der Waals surface area (Å²) >= 11 is 0. The molecule has 2 aliphatic rings.